The first-order valence-corrected chi connectivity index (χ1v) is 12.3. The minimum Gasteiger partial charge on any atom is -0.493 e. The van der Waals surface area contributed by atoms with Gasteiger partial charge in [-0.25, -0.2) is 14.6 Å². The van der Waals surface area contributed by atoms with Crippen LogP contribution in [0.3, 0.4) is 0 Å². The highest BCUT2D eigenvalue weighted by atomic mass is 32.1. The van der Waals surface area contributed by atoms with Crippen LogP contribution in [0.2, 0.25) is 0 Å². The fourth-order valence-electron chi connectivity index (χ4n) is 3.23. The Morgan fingerprint density at radius 2 is 1.70 bits per heavy atom. The van der Waals surface area contributed by atoms with Gasteiger partial charge >= 0.3 is 12.1 Å². The zero-order chi connectivity index (χ0) is 26.8. The van der Waals surface area contributed by atoms with Crippen molar-refractivity contribution in [1.82, 2.24) is 10.3 Å². The van der Waals surface area contributed by atoms with Gasteiger partial charge in [0.05, 0.1) is 19.9 Å². The highest BCUT2D eigenvalue weighted by Gasteiger charge is 2.27. The number of carbonyl (C=O) groups is 3. The highest BCUT2D eigenvalue weighted by Crippen LogP contribution is 2.33. The quantitative estimate of drug-likeness (QED) is 0.355. The van der Waals surface area contributed by atoms with Gasteiger partial charge in [0.1, 0.15) is 12.6 Å². The zero-order valence-electron chi connectivity index (χ0n) is 21.0. The fourth-order valence-corrected chi connectivity index (χ4v) is 3.97. The van der Waals surface area contributed by atoms with E-state index in [-0.39, 0.29) is 12.5 Å². The summed E-state index contributed by atoms with van der Waals surface area (Å²) in [6, 6.07) is 13.6. The molecular weight excluding hydrogens is 498 g/mol. The monoisotopic (exact) mass is 527 g/mol. The molecule has 2 N–H and O–H groups in total. The summed E-state index contributed by atoms with van der Waals surface area (Å²) in [5.74, 6) is -0.441. The molecule has 196 valence electrons. The van der Waals surface area contributed by atoms with Crippen molar-refractivity contribution in [3.05, 3.63) is 59.5 Å². The van der Waals surface area contributed by atoms with E-state index in [0.717, 1.165) is 11.1 Å². The maximum atomic E-state index is 12.5. The summed E-state index contributed by atoms with van der Waals surface area (Å²) in [5.41, 5.74) is 2.23. The first kappa shape index (κ1) is 27.5. The number of hydrogen-bond acceptors (Lipinski definition) is 9. The van der Waals surface area contributed by atoms with E-state index in [1.54, 1.807) is 45.6 Å². The van der Waals surface area contributed by atoms with E-state index in [4.69, 9.17) is 18.9 Å². The molecule has 1 atom stereocenters. The van der Waals surface area contributed by atoms with Crippen LogP contribution in [-0.2, 0) is 25.7 Å². The molecule has 0 unspecified atom stereocenters. The third kappa shape index (κ3) is 7.94. The topological polar surface area (TPSA) is 125 Å². The van der Waals surface area contributed by atoms with E-state index < -0.39 is 30.6 Å². The van der Waals surface area contributed by atoms with Gasteiger partial charge in [-0.15, -0.1) is 11.3 Å². The van der Waals surface area contributed by atoms with Gasteiger partial charge in [0.2, 0.25) is 0 Å². The van der Waals surface area contributed by atoms with E-state index >= 15 is 0 Å². The Morgan fingerprint density at radius 1 is 0.973 bits per heavy atom. The average Bonchev–Trinajstić information content (AvgIpc) is 3.37. The molecule has 0 aliphatic carbocycles. The Labute approximate surface area is 218 Å². The second-order valence-electron chi connectivity index (χ2n) is 8.19. The van der Waals surface area contributed by atoms with Crippen molar-refractivity contribution in [1.29, 1.82) is 0 Å². The number of nitrogens with zero attached hydrogens (tertiary/aromatic N) is 1. The minimum absolute atomic E-state index is 0.0635. The van der Waals surface area contributed by atoms with Crippen LogP contribution in [-0.4, -0.2) is 49.8 Å². The highest BCUT2D eigenvalue weighted by molar-refractivity contribution is 7.14. The average molecular weight is 528 g/mol. The van der Waals surface area contributed by atoms with Crippen LogP contribution in [0.4, 0.5) is 9.93 Å². The van der Waals surface area contributed by atoms with E-state index in [2.05, 4.69) is 15.6 Å². The number of amides is 2. The number of methoxy groups -OCH3 is 2. The Morgan fingerprint density at radius 3 is 2.38 bits per heavy atom. The number of carbonyl (C=O) groups excluding carboxylic acids is 3. The van der Waals surface area contributed by atoms with Gasteiger partial charge < -0.3 is 24.3 Å². The van der Waals surface area contributed by atoms with Gasteiger partial charge in [-0.05, 0) is 29.7 Å². The number of thiazole rings is 1. The smallest absolute Gasteiger partial charge is 0.408 e. The number of esters is 1. The molecule has 3 rings (SSSR count). The lowest BCUT2D eigenvalue weighted by Crippen LogP contribution is -2.46. The van der Waals surface area contributed by atoms with Gasteiger partial charge in [0.25, 0.3) is 5.91 Å². The van der Waals surface area contributed by atoms with Crippen molar-refractivity contribution in [3.63, 3.8) is 0 Å². The van der Waals surface area contributed by atoms with Crippen LogP contribution in [0.5, 0.6) is 11.5 Å². The van der Waals surface area contributed by atoms with Crippen molar-refractivity contribution < 1.29 is 33.3 Å². The second-order valence-corrected chi connectivity index (χ2v) is 9.05. The summed E-state index contributed by atoms with van der Waals surface area (Å²) < 4.78 is 20.9. The van der Waals surface area contributed by atoms with E-state index in [0.29, 0.717) is 22.3 Å². The zero-order valence-corrected chi connectivity index (χ0v) is 21.8. The number of anilines is 1. The van der Waals surface area contributed by atoms with Gasteiger partial charge in [-0.2, -0.15) is 0 Å². The number of rotatable bonds is 11. The summed E-state index contributed by atoms with van der Waals surface area (Å²) in [6.45, 7) is 3.02. The SMILES string of the molecule is COc1ccc(-c2csc(NC(=O)COC(=O)[C@@H](NC(=O)OCc3ccccc3)C(C)C)n2)cc1OC. The van der Waals surface area contributed by atoms with Crippen LogP contribution in [0.15, 0.2) is 53.9 Å². The van der Waals surface area contributed by atoms with Crippen molar-refractivity contribution in [2.75, 3.05) is 26.1 Å². The second kappa shape index (κ2) is 13.3. The molecule has 2 aromatic carbocycles. The van der Waals surface area contributed by atoms with E-state index in [1.807, 2.05) is 36.4 Å². The first-order valence-electron chi connectivity index (χ1n) is 11.4. The number of aromatic nitrogens is 1. The molecular formula is C26H29N3O7S. The van der Waals surface area contributed by atoms with Gasteiger partial charge in [0, 0.05) is 10.9 Å². The Kier molecular flexibility index (Phi) is 9.84. The number of nitrogens with one attached hydrogen (secondary N) is 2. The largest absolute Gasteiger partial charge is 0.493 e. The molecule has 2 amide bonds. The molecule has 0 saturated carbocycles. The van der Waals surface area contributed by atoms with Crippen LogP contribution in [0.1, 0.15) is 19.4 Å². The molecule has 1 aromatic heterocycles. The molecule has 0 bridgehead atoms. The standard InChI is InChI=1S/C26H29N3O7S/c1-16(2)23(29-26(32)36-13-17-8-6-5-7-9-17)24(31)35-14-22(30)28-25-27-19(15-37-25)18-10-11-20(33-3)21(12-18)34-4/h5-12,15-16,23H,13-14H2,1-4H3,(H,29,32)(H,27,28,30)/t23-/m0/s1. The molecule has 0 aliphatic rings. The van der Waals surface area contributed by atoms with Gasteiger partial charge in [-0.1, -0.05) is 44.2 Å². The third-order valence-electron chi connectivity index (χ3n) is 5.18. The maximum Gasteiger partial charge on any atom is 0.408 e. The molecule has 0 radical (unpaired) electrons. The summed E-state index contributed by atoms with van der Waals surface area (Å²) in [5, 5.41) is 7.23. The van der Waals surface area contributed by atoms with Crippen molar-refractivity contribution in [2.24, 2.45) is 5.92 Å². The molecule has 11 heteroatoms. The first-order chi connectivity index (χ1) is 17.8. The molecule has 37 heavy (non-hydrogen) atoms. The van der Waals surface area contributed by atoms with Crippen LogP contribution >= 0.6 is 11.3 Å². The molecule has 3 aromatic rings. The third-order valence-corrected chi connectivity index (χ3v) is 5.94. The molecule has 0 saturated heterocycles. The molecule has 0 aliphatic heterocycles. The lowest BCUT2D eigenvalue weighted by Gasteiger charge is -2.20. The summed E-state index contributed by atoms with van der Waals surface area (Å²) in [4.78, 5) is 41.5. The Hall–Kier alpha value is -4.12. The summed E-state index contributed by atoms with van der Waals surface area (Å²) in [7, 11) is 3.10. The molecule has 10 nitrogen and oxygen atoms in total. The van der Waals surface area contributed by atoms with E-state index in [1.165, 1.54) is 11.3 Å². The lowest BCUT2D eigenvalue weighted by atomic mass is 10.1. The predicted molar refractivity (Wildman–Crippen MR) is 139 cm³/mol. The Bertz CT molecular complexity index is 1210. The minimum atomic E-state index is -0.979. The molecule has 0 fully saturated rings. The molecule has 1 heterocycles. The summed E-state index contributed by atoms with van der Waals surface area (Å²) in [6.07, 6.45) is -0.755. The number of alkyl carbamates (subject to hydrolysis) is 1. The number of ether oxygens (including phenoxy) is 4. The maximum absolute atomic E-state index is 12.5. The Balaban J connectivity index is 1.50. The predicted octanol–water partition coefficient (Wildman–Crippen LogP) is 4.26. The van der Waals surface area contributed by atoms with Crippen molar-refractivity contribution in [2.45, 2.75) is 26.5 Å². The van der Waals surface area contributed by atoms with Crippen molar-refractivity contribution in [3.8, 4) is 22.8 Å². The van der Waals surface area contributed by atoms with E-state index in [9.17, 15) is 14.4 Å². The fraction of sp³-hybridized carbons (Fsp3) is 0.308. The van der Waals surface area contributed by atoms with Crippen LogP contribution in [0, 0.1) is 5.92 Å². The van der Waals surface area contributed by atoms with Crippen LogP contribution in [0.25, 0.3) is 11.3 Å². The van der Waals surface area contributed by atoms with Crippen molar-refractivity contribution >= 4 is 34.4 Å². The van der Waals surface area contributed by atoms with Gasteiger partial charge in [0.15, 0.2) is 23.2 Å². The lowest BCUT2D eigenvalue weighted by molar-refractivity contribution is -0.150. The normalized spacial score (nSPS) is 11.4. The number of benzene rings is 2. The molecule has 0 spiro atoms. The van der Waals surface area contributed by atoms with Gasteiger partial charge in [-0.3, -0.25) is 10.1 Å². The van der Waals surface area contributed by atoms with Crippen LogP contribution < -0.4 is 20.1 Å². The number of hydrogen-bond donors (Lipinski definition) is 2. The summed E-state index contributed by atoms with van der Waals surface area (Å²) >= 11 is 1.22.